The van der Waals surface area contributed by atoms with Gasteiger partial charge in [-0.1, -0.05) is 35.6 Å². The Morgan fingerprint density at radius 1 is 0.861 bits per heavy atom. The molecule has 17 nitrogen and oxygen atoms in total. The number of halogens is 5. The number of carbonyl (C=O) groups excluding carboxylic acids is 7. The predicted molar refractivity (Wildman–Crippen MR) is 260 cm³/mol. The van der Waals surface area contributed by atoms with E-state index in [1.54, 1.807) is 49.9 Å². The van der Waals surface area contributed by atoms with Gasteiger partial charge in [-0.05, 0) is 87.2 Å². The highest BCUT2D eigenvalue weighted by Gasteiger charge is 2.45. The Hall–Kier alpha value is -4.97. The largest absolute Gasteiger partial charge is 0.492 e. The van der Waals surface area contributed by atoms with Crippen LogP contribution in [0.4, 0.5) is 22.4 Å². The molecule has 2 aromatic carbocycles. The molecule has 4 fully saturated rings. The summed E-state index contributed by atoms with van der Waals surface area (Å²) in [5.74, 6) is -6.75. The summed E-state index contributed by atoms with van der Waals surface area (Å²) < 4.78 is 70.5. The number of nitrogens with one attached hydrogen (secondary N) is 2. The number of aliphatic hydroxyl groups excluding tert-OH is 1. The van der Waals surface area contributed by atoms with Gasteiger partial charge in [0.2, 0.25) is 17.7 Å². The van der Waals surface area contributed by atoms with Crippen LogP contribution in [0.3, 0.4) is 0 Å². The van der Waals surface area contributed by atoms with Crippen molar-refractivity contribution in [2.24, 2.45) is 0 Å². The van der Waals surface area contributed by atoms with Crippen molar-refractivity contribution in [2.45, 2.75) is 153 Å². The van der Waals surface area contributed by atoms with Crippen LogP contribution in [0.1, 0.15) is 104 Å². The van der Waals surface area contributed by atoms with Crippen molar-refractivity contribution >= 4 is 65.5 Å². The van der Waals surface area contributed by atoms with Crippen LogP contribution in [0, 0.1) is 0 Å². The average Bonchev–Trinajstić information content (AvgIpc) is 3.78. The van der Waals surface area contributed by atoms with Crippen LogP contribution in [-0.4, -0.2) is 156 Å². The molecule has 0 spiro atoms. The number of amides is 7. The molecule has 0 saturated carbocycles. The van der Waals surface area contributed by atoms with E-state index in [0.717, 1.165) is 16.1 Å². The van der Waals surface area contributed by atoms with Crippen molar-refractivity contribution in [3.05, 3.63) is 63.1 Å². The molecule has 6 heterocycles. The Kier molecular flexibility index (Phi) is 18.0. The van der Waals surface area contributed by atoms with Gasteiger partial charge in [-0.15, -0.1) is 0 Å². The molecule has 2 aromatic rings. The Morgan fingerprint density at radius 3 is 2.11 bits per heavy atom. The summed E-state index contributed by atoms with van der Waals surface area (Å²) in [6, 6.07) is 8.87. The summed E-state index contributed by atoms with van der Waals surface area (Å²) in [5.41, 5.74) is 2.06. The maximum atomic E-state index is 13.5. The zero-order chi connectivity index (χ0) is 52.9. The number of aliphatic hydroxyl groups is 1. The maximum absolute atomic E-state index is 13.5. The van der Waals surface area contributed by atoms with Gasteiger partial charge < -0.3 is 39.3 Å². The van der Waals surface area contributed by atoms with Crippen LogP contribution >= 0.6 is 15.9 Å². The fourth-order valence-electron chi connectivity index (χ4n) is 9.04. The van der Waals surface area contributed by atoms with E-state index in [1.807, 2.05) is 12.1 Å². The Labute approximate surface area is 425 Å². The summed E-state index contributed by atoms with van der Waals surface area (Å²) in [5, 5.41) is 14.3. The minimum atomic E-state index is -2.81. The third-order valence-corrected chi connectivity index (χ3v) is 15.1. The van der Waals surface area contributed by atoms with Crippen LogP contribution in [-0.2, 0) is 41.7 Å². The highest BCUT2D eigenvalue weighted by atomic mass is 79.9. The molecule has 0 radical (unpaired) electrons. The summed E-state index contributed by atoms with van der Waals surface area (Å²) in [4.78, 5) is 91.0. The molecule has 396 valence electrons. The standard InChI is InChI=1S/C19H25BrN2O4Si.C19H21F2N3O4.C11H19F2NO3/c1-27(2,3)9-8-26-12-22-17(23)7-6-16(19(22)25)21-11-13-10-14(20)4-5-15(13)18(21)24;20-19(21)5-6-22-12(8-19)10-28-13-1-2-14-11(7-13)9-24(18(14)27)15-3-4-16(25)23-17(15)26;1-10(2,3)17-9(16)14-5-4-11(12,13)6-8(14)7-15/h4-5,10,16H,6-9,11-12H2,1-3H3;1-2,7,12,15,22H,3-6,8-10H2,(H,23,25,26);8,15H,4-7H2,1-3H3. The summed E-state index contributed by atoms with van der Waals surface area (Å²) >= 11 is 3.42. The molecule has 7 amide bonds. The molecule has 4 unspecified atom stereocenters. The van der Waals surface area contributed by atoms with Crippen LogP contribution in [0.5, 0.6) is 5.75 Å². The van der Waals surface area contributed by atoms with E-state index in [2.05, 4.69) is 46.2 Å². The third-order valence-electron chi connectivity index (χ3n) is 12.9. The SMILES string of the molecule is CC(C)(C)OC(=O)N1CCC(F)(F)CC1CO.C[Si](C)(C)CCOCN1C(=O)CCC(N2Cc3cc(Br)ccc3C2=O)C1=O.O=C1CCC(N2Cc3cc(OCC4CC(F)(F)CCN4)ccc3C2=O)C(=O)N1. The van der Waals surface area contributed by atoms with Gasteiger partial charge in [0.1, 0.15) is 36.8 Å². The summed E-state index contributed by atoms with van der Waals surface area (Å²) in [6.45, 7) is 12.8. The summed E-state index contributed by atoms with van der Waals surface area (Å²) in [7, 11) is -1.23. The molecule has 4 saturated heterocycles. The van der Waals surface area contributed by atoms with Gasteiger partial charge in [-0.25, -0.2) is 22.4 Å². The lowest BCUT2D eigenvalue weighted by atomic mass is 9.99. The first-order valence-electron chi connectivity index (χ1n) is 24.2. The Morgan fingerprint density at radius 2 is 1.49 bits per heavy atom. The van der Waals surface area contributed by atoms with E-state index >= 15 is 0 Å². The van der Waals surface area contributed by atoms with Crippen molar-refractivity contribution in [1.29, 1.82) is 0 Å². The molecule has 8 rings (SSSR count). The lowest BCUT2D eigenvalue weighted by molar-refractivity contribution is -0.158. The molecule has 23 heteroatoms. The number of hydrogen-bond acceptors (Lipinski definition) is 12. The van der Waals surface area contributed by atoms with Gasteiger partial charge in [0.05, 0.1) is 12.6 Å². The lowest BCUT2D eigenvalue weighted by Gasteiger charge is -2.38. The van der Waals surface area contributed by atoms with E-state index in [0.29, 0.717) is 48.4 Å². The fourth-order valence-corrected chi connectivity index (χ4v) is 10.2. The number of benzene rings is 2. The molecular weight excluding hydrogens is 1030 g/mol. The number of piperidine rings is 4. The number of hydrogen-bond donors (Lipinski definition) is 3. The van der Waals surface area contributed by atoms with E-state index in [9.17, 15) is 51.1 Å². The van der Waals surface area contributed by atoms with Crippen LogP contribution in [0.15, 0.2) is 40.9 Å². The third kappa shape index (κ3) is 14.8. The van der Waals surface area contributed by atoms with Crippen LogP contribution in [0.2, 0.25) is 25.7 Å². The van der Waals surface area contributed by atoms with Crippen molar-refractivity contribution < 1.29 is 70.4 Å². The molecule has 0 aromatic heterocycles. The van der Waals surface area contributed by atoms with Gasteiger partial charge in [-0.2, -0.15) is 0 Å². The molecule has 4 atom stereocenters. The first-order valence-corrected chi connectivity index (χ1v) is 28.7. The van der Waals surface area contributed by atoms with Crippen LogP contribution < -0.4 is 15.4 Å². The van der Waals surface area contributed by atoms with Crippen molar-refractivity contribution in [3.8, 4) is 5.75 Å². The lowest BCUT2D eigenvalue weighted by Crippen LogP contribution is -2.55. The first-order chi connectivity index (χ1) is 33.6. The van der Waals surface area contributed by atoms with E-state index in [-0.39, 0.29) is 94.6 Å². The van der Waals surface area contributed by atoms with Crippen molar-refractivity contribution in [3.63, 3.8) is 0 Å². The number of carbonyl (C=O) groups is 7. The number of ether oxygens (including phenoxy) is 3. The zero-order valence-corrected chi connectivity index (χ0v) is 44.1. The molecule has 3 N–H and O–H groups in total. The summed E-state index contributed by atoms with van der Waals surface area (Å²) in [6.07, 6.45) is -0.862. The number of imide groups is 2. The highest BCUT2D eigenvalue weighted by Crippen LogP contribution is 2.35. The number of likely N-dealkylation sites (tertiary alicyclic amines) is 2. The topological polar surface area (TPSA) is 204 Å². The zero-order valence-electron chi connectivity index (χ0n) is 41.5. The second-order valence-electron chi connectivity index (χ2n) is 21.1. The molecule has 6 aliphatic rings. The average molecular weight is 1100 g/mol. The number of nitrogens with zero attached hydrogens (tertiary/aromatic N) is 4. The monoisotopic (exact) mass is 1100 g/mol. The highest BCUT2D eigenvalue weighted by molar-refractivity contribution is 9.10. The van der Waals surface area contributed by atoms with Crippen LogP contribution in [0.25, 0.3) is 0 Å². The predicted octanol–water partition coefficient (Wildman–Crippen LogP) is 6.46. The number of fused-ring (bicyclic) bond motifs is 2. The number of rotatable bonds is 11. The van der Waals surface area contributed by atoms with Gasteiger partial charge in [-0.3, -0.25) is 39.0 Å². The van der Waals surface area contributed by atoms with E-state index in [4.69, 9.17) is 19.3 Å². The molecular formula is C49H65BrF4N6O11Si. The Bertz CT molecular complexity index is 2390. The molecule has 0 aliphatic carbocycles. The Balaban J connectivity index is 0.000000182. The molecule has 6 aliphatic heterocycles. The van der Waals surface area contributed by atoms with Crippen molar-refractivity contribution in [2.75, 3.05) is 39.6 Å². The van der Waals surface area contributed by atoms with Gasteiger partial charge in [0, 0.05) is 101 Å². The van der Waals surface area contributed by atoms with Gasteiger partial charge >= 0.3 is 6.09 Å². The second-order valence-corrected chi connectivity index (χ2v) is 27.6. The normalized spacial score (nSPS) is 23.9. The number of alkyl halides is 4. The van der Waals surface area contributed by atoms with Gasteiger partial charge in [0.15, 0.2) is 0 Å². The first kappa shape index (κ1) is 56.3. The van der Waals surface area contributed by atoms with E-state index in [1.165, 1.54) is 14.7 Å². The minimum absolute atomic E-state index is 0.0286. The fraction of sp³-hybridized carbons (Fsp3) is 0.612. The van der Waals surface area contributed by atoms with Gasteiger partial charge in [0.25, 0.3) is 29.6 Å². The van der Waals surface area contributed by atoms with Crippen molar-refractivity contribution in [1.82, 2.24) is 30.2 Å². The molecule has 0 bridgehead atoms. The quantitative estimate of drug-likeness (QED) is 0.0961. The molecule has 72 heavy (non-hydrogen) atoms. The minimum Gasteiger partial charge on any atom is -0.492 e. The smallest absolute Gasteiger partial charge is 0.410 e. The van der Waals surface area contributed by atoms with E-state index < -0.39 is 74.7 Å². The maximum Gasteiger partial charge on any atom is 0.410 e. The second kappa shape index (κ2) is 23.1.